The normalized spacial score (nSPS) is 12.2. The smallest absolute Gasteiger partial charge is 0.257 e. The van der Waals surface area contributed by atoms with Crippen LogP contribution in [0.2, 0.25) is 0 Å². The first-order valence-electron chi connectivity index (χ1n) is 10.5. The van der Waals surface area contributed by atoms with E-state index < -0.39 is 0 Å². The third-order valence-corrected chi connectivity index (χ3v) is 6.06. The SMILES string of the molecule is CCCN(Cc1nnc(-c2cccs2)o1)C(=O)CN(C)C(C)Cc1ccc(OC)cc1. The Balaban J connectivity index is 1.57. The van der Waals surface area contributed by atoms with Gasteiger partial charge in [0.2, 0.25) is 11.8 Å². The van der Waals surface area contributed by atoms with Gasteiger partial charge in [-0.2, -0.15) is 0 Å². The van der Waals surface area contributed by atoms with Gasteiger partial charge in [0.15, 0.2) is 0 Å². The fourth-order valence-electron chi connectivity index (χ4n) is 3.27. The molecule has 2 heterocycles. The summed E-state index contributed by atoms with van der Waals surface area (Å²) in [6.45, 7) is 5.50. The average Bonchev–Trinajstić information content (AvgIpc) is 3.46. The average molecular weight is 443 g/mol. The zero-order valence-corrected chi connectivity index (χ0v) is 19.4. The quantitative estimate of drug-likeness (QED) is 0.445. The zero-order valence-electron chi connectivity index (χ0n) is 18.6. The van der Waals surface area contributed by atoms with Crippen molar-refractivity contribution in [1.82, 2.24) is 20.0 Å². The predicted molar refractivity (Wildman–Crippen MR) is 122 cm³/mol. The molecule has 7 nitrogen and oxygen atoms in total. The third-order valence-electron chi connectivity index (χ3n) is 5.20. The second-order valence-electron chi connectivity index (χ2n) is 7.61. The Morgan fingerprint density at radius 1 is 1.23 bits per heavy atom. The molecule has 0 aliphatic heterocycles. The number of carbonyl (C=O) groups is 1. The second kappa shape index (κ2) is 11.1. The van der Waals surface area contributed by atoms with E-state index in [1.165, 1.54) is 5.56 Å². The Hall–Kier alpha value is -2.71. The summed E-state index contributed by atoms with van der Waals surface area (Å²) in [6, 6.07) is 12.2. The molecule has 166 valence electrons. The molecule has 2 aromatic heterocycles. The summed E-state index contributed by atoms with van der Waals surface area (Å²) in [6.07, 6.45) is 1.72. The van der Waals surface area contributed by atoms with E-state index in [0.717, 1.165) is 23.5 Å². The van der Waals surface area contributed by atoms with Crippen molar-refractivity contribution >= 4 is 17.2 Å². The Morgan fingerprint density at radius 3 is 2.65 bits per heavy atom. The van der Waals surface area contributed by atoms with Crippen LogP contribution in [0, 0.1) is 0 Å². The molecule has 0 N–H and O–H groups in total. The molecule has 1 amide bonds. The Bertz CT molecular complexity index is 940. The van der Waals surface area contributed by atoms with Crippen molar-refractivity contribution in [2.75, 3.05) is 27.2 Å². The maximum Gasteiger partial charge on any atom is 0.257 e. The van der Waals surface area contributed by atoms with E-state index in [2.05, 4.69) is 41.1 Å². The molecule has 1 unspecified atom stereocenters. The lowest BCUT2D eigenvalue weighted by Gasteiger charge is -2.28. The highest BCUT2D eigenvalue weighted by Gasteiger charge is 2.21. The molecule has 0 spiro atoms. The van der Waals surface area contributed by atoms with Crippen LogP contribution in [0.4, 0.5) is 0 Å². The zero-order chi connectivity index (χ0) is 22.2. The van der Waals surface area contributed by atoms with Crippen molar-refractivity contribution in [2.45, 2.75) is 39.3 Å². The summed E-state index contributed by atoms with van der Waals surface area (Å²) in [4.78, 5) is 17.8. The first-order chi connectivity index (χ1) is 15.0. The number of benzene rings is 1. The molecule has 31 heavy (non-hydrogen) atoms. The van der Waals surface area contributed by atoms with Crippen molar-refractivity contribution in [3.63, 3.8) is 0 Å². The minimum absolute atomic E-state index is 0.0572. The number of carbonyl (C=O) groups excluding carboxylic acids is 1. The van der Waals surface area contributed by atoms with Gasteiger partial charge in [0, 0.05) is 12.6 Å². The third kappa shape index (κ3) is 6.38. The molecule has 0 aliphatic rings. The lowest BCUT2D eigenvalue weighted by molar-refractivity contribution is -0.133. The Morgan fingerprint density at radius 2 is 2.00 bits per heavy atom. The van der Waals surface area contributed by atoms with Gasteiger partial charge in [-0.05, 0) is 56.0 Å². The number of rotatable bonds is 11. The highest BCUT2D eigenvalue weighted by molar-refractivity contribution is 7.13. The van der Waals surface area contributed by atoms with Crippen molar-refractivity contribution in [3.8, 4) is 16.5 Å². The molecule has 3 rings (SSSR count). The summed E-state index contributed by atoms with van der Waals surface area (Å²) in [7, 11) is 3.65. The highest BCUT2D eigenvalue weighted by Crippen LogP contribution is 2.23. The standard InChI is InChI=1S/C23H30N4O3S/c1-5-12-27(15-21-24-25-23(30-21)20-7-6-13-31-20)22(28)16-26(3)17(2)14-18-8-10-19(29-4)11-9-18/h6-11,13,17H,5,12,14-16H2,1-4H3. The summed E-state index contributed by atoms with van der Waals surface area (Å²) in [5, 5.41) is 10.2. The van der Waals surface area contributed by atoms with E-state index in [9.17, 15) is 4.79 Å². The number of likely N-dealkylation sites (N-methyl/N-ethyl adjacent to an activating group) is 1. The minimum atomic E-state index is 0.0572. The molecule has 0 aliphatic carbocycles. The van der Waals surface area contributed by atoms with Crippen LogP contribution in [0.25, 0.3) is 10.8 Å². The molecule has 0 fully saturated rings. The van der Waals surface area contributed by atoms with E-state index >= 15 is 0 Å². The molecular weight excluding hydrogens is 412 g/mol. The predicted octanol–water partition coefficient (Wildman–Crippen LogP) is 4.11. The molecule has 1 aromatic carbocycles. The number of ether oxygens (including phenoxy) is 1. The van der Waals surface area contributed by atoms with E-state index in [-0.39, 0.29) is 11.9 Å². The first-order valence-corrected chi connectivity index (χ1v) is 11.3. The van der Waals surface area contributed by atoms with Gasteiger partial charge in [-0.15, -0.1) is 21.5 Å². The summed E-state index contributed by atoms with van der Waals surface area (Å²) in [5.74, 6) is 1.86. The molecule has 0 saturated carbocycles. The van der Waals surface area contributed by atoms with Crippen LogP contribution < -0.4 is 4.74 Å². The molecule has 3 aromatic rings. The second-order valence-corrected chi connectivity index (χ2v) is 8.56. The monoisotopic (exact) mass is 442 g/mol. The van der Waals surface area contributed by atoms with E-state index in [4.69, 9.17) is 9.15 Å². The van der Waals surface area contributed by atoms with Gasteiger partial charge in [-0.1, -0.05) is 25.1 Å². The number of methoxy groups -OCH3 is 1. The van der Waals surface area contributed by atoms with E-state index in [1.54, 1.807) is 23.3 Å². The van der Waals surface area contributed by atoms with Crippen molar-refractivity contribution < 1.29 is 13.9 Å². The molecule has 0 radical (unpaired) electrons. The number of amides is 1. The van der Waals surface area contributed by atoms with Crippen LogP contribution in [0.5, 0.6) is 5.75 Å². The molecule has 0 bridgehead atoms. The van der Waals surface area contributed by atoms with Gasteiger partial charge in [-0.3, -0.25) is 9.69 Å². The number of nitrogens with zero attached hydrogens (tertiary/aromatic N) is 4. The number of hydrogen-bond donors (Lipinski definition) is 0. The molecule has 8 heteroatoms. The van der Waals surface area contributed by atoms with E-state index in [0.29, 0.717) is 31.4 Å². The van der Waals surface area contributed by atoms with Crippen LogP contribution in [0.15, 0.2) is 46.2 Å². The molecular formula is C23H30N4O3S. The van der Waals surface area contributed by atoms with Crippen LogP contribution in [-0.4, -0.2) is 59.2 Å². The Kier molecular flexibility index (Phi) is 8.20. The van der Waals surface area contributed by atoms with Crippen LogP contribution in [0.1, 0.15) is 31.7 Å². The van der Waals surface area contributed by atoms with Crippen LogP contribution >= 0.6 is 11.3 Å². The van der Waals surface area contributed by atoms with Gasteiger partial charge in [0.1, 0.15) is 5.75 Å². The largest absolute Gasteiger partial charge is 0.497 e. The first kappa shape index (κ1) is 23.0. The fourth-order valence-corrected chi connectivity index (χ4v) is 3.91. The summed E-state index contributed by atoms with van der Waals surface area (Å²) < 4.78 is 11.0. The van der Waals surface area contributed by atoms with Crippen molar-refractivity contribution in [1.29, 1.82) is 0 Å². The summed E-state index contributed by atoms with van der Waals surface area (Å²) in [5.41, 5.74) is 1.21. The van der Waals surface area contributed by atoms with Gasteiger partial charge in [0.25, 0.3) is 5.89 Å². The highest BCUT2D eigenvalue weighted by atomic mass is 32.1. The van der Waals surface area contributed by atoms with E-state index in [1.807, 2.05) is 36.7 Å². The lowest BCUT2D eigenvalue weighted by Crippen LogP contribution is -2.42. The fraction of sp³-hybridized carbons (Fsp3) is 0.435. The number of hydrogen-bond acceptors (Lipinski definition) is 7. The minimum Gasteiger partial charge on any atom is -0.497 e. The van der Waals surface area contributed by atoms with Gasteiger partial charge < -0.3 is 14.1 Å². The number of thiophene rings is 1. The van der Waals surface area contributed by atoms with Crippen LogP contribution in [-0.2, 0) is 17.8 Å². The maximum atomic E-state index is 13.0. The van der Waals surface area contributed by atoms with Crippen LogP contribution in [0.3, 0.4) is 0 Å². The Labute approximate surface area is 187 Å². The molecule has 0 saturated heterocycles. The lowest BCUT2D eigenvalue weighted by atomic mass is 10.1. The van der Waals surface area contributed by atoms with Crippen molar-refractivity contribution in [2.24, 2.45) is 0 Å². The van der Waals surface area contributed by atoms with Crippen molar-refractivity contribution in [3.05, 3.63) is 53.2 Å². The topological polar surface area (TPSA) is 71.7 Å². The molecule has 1 atom stereocenters. The van der Waals surface area contributed by atoms with Gasteiger partial charge in [0.05, 0.1) is 25.1 Å². The maximum absolute atomic E-state index is 13.0. The number of aromatic nitrogens is 2. The van der Waals surface area contributed by atoms with Gasteiger partial charge >= 0.3 is 0 Å². The summed E-state index contributed by atoms with van der Waals surface area (Å²) >= 11 is 1.55. The van der Waals surface area contributed by atoms with Gasteiger partial charge in [-0.25, -0.2) is 0 Å².